The van der Waals surface area contributed by atoms with Crippen LogP contribution in [0.15, 0.2) is 56.2 Å². The second-order valence-electron chi connectivity index (χ2n) is 5.72. The Hall–Kier alpha value is -3.35. The van der Waals surface area contributed by atoms with E-state index in [2.05, 4.69) is 10.1 Å². The van der Waals surface area contributed by atoms with E-state index in [0.717, 1.165) is 11.3 Å². The van der Waals surface area contributed by atoms with Gasteiger partial charge in [-0.3, -0.25) is 4.57 Å². The van der Waals surface area contributed by atoms with E-state index in [0.29, 0.717) is 28.4 Å². The number of rotatable bonds is 4. The van der Waals surface area contributed by atoms with Crippen LogP contribution in [0.4, 0.5) is 0 Å². The highest BCUT2D eigenvalue weighted by Gasteiger charge is 2.12. The monoisotopic (exact) mass is 337 g/mol. The average Bonchev–Trinajstić information content (AvgIpc) is 3.19. The minimum absolute atomic E-state index is 0.179. The topological polar surface area (TPSA) is 83.3 Å². The molecule has 0 saturated heterocycles. The van der Waals surface area contributed by atoms with E-state index in [-0.39, 0.29) is 6.61 Å². The number of fused-ring (bicyclic) bond motifs is 1. The maximum atomic E-state index is 11.6. The van der Waals surface area contributed by atoms with Gasteiger partial charge < -0.3 is 13.7 Å². The van der Waals surface area contributed by atoms with Gasteiger partial charge in [0.15, 0.2) is 12.2 Å². The van der Waals surface area contributed by atoms with Gasteiger partial charge in [0.25, 0.3) is 5.89 Å². The second kappa shape index (κ2) is 5.94. The lowest BCUT2D eigenvalue weighted by Crippen LogP contribution is -2.08. The van der Waals surface area contributed by atoms with Gasteiger partial charge in [-0.2, -0.15) is 4.98 Å². The van der Waals surface area contributed by atoms with Gasteiger partial charge in [-0.1, -0.05) is 22.9 Å². The zero-order valence-electron chi connectivity index (χ0n) is 13.7. The number of aromatic nitrogens is 3. The molecule has 0 bridgehead atoms. The van der Waals surface area contributed by atoms with Crippen LogP contribution in [0.25, 0.3) is 22.5 Å². The number of nitrogens with zero attached hydrogens (tertiary/aromatic N) is 3. The van der Waals surface area contributed by atoms with Crippen LogP contribution in [0, 0.1) is 6.92 Å². The molecule has 0 aliphatic rings. The third-order valence-electron chi connectivity index (χ3n) is 3.90. The van der Waals surface area contributed by atoms with Crippen molar-refractivity contribution in [2.45, 2.75) is 13.5 Å². The highest BCUT2D eigenvalue weighted by Crippen LogP contribution is 2.22. The molecular formula is C18H15N3O4. The molecule has 4 rings (SSSR count). The predicted molar refractivity (Wildman–Crippen MR) is 90.3 cm³/mol. The normalized spacial score (nSPS) is 11.1. The molecule has 126 valence electrons. The highest BCUT2D eigenvalue weighted by atomic mass is 16.5. The Balaban J connectivity index is 1.54. The third kappa shape index (κ3) is 2.91. The van der Waals surface area contributed by atoms with Gasteiger partial charge in [-0.15, -0.1) is 0 Å². The first-order chi connectivity index (χ1) is 12.1. The minimum atomic E-state index is -0.410. The van der Waals surface area contributed by atoms with E-state index >= 15 is 0 Å². The van der Waals surface area contributed by atoms with Crippen molar-refractivity contribution in [1.29, 1.82) is 0 Å². The van der Waals surface area contributed by atoms with Gasteiger partial charge in [0.2, 0.25) is 5.82 Å². The molecule has 2 heterocycles. The molecule has 0 N–H and O–H groups in total. The van der Waals surface area contributed by atoms with E-state index in [4.69, 9.17) is 13.7 Å². The first-order valence-corrected chi connectivity index (χ1v) is 7.72. The van der Waals surface area contributed by atoms with Crippen LogP contribution in [0.5, 0.6) is 5.75 Å². The summed E-state index contributed by atoms with van der Waals surface area (Å²) in [6, 6.07) is 13.0. The number of benzene rings is 2. The van der Waals surface area contributed by atoms with Crippen molar-refractivity contribution >= 4 is 11.1 Å². The summed E-state index contributed by atoms with van der Waals surface area (Å²) in [5, 5.41) is 3.96. The number of ether oxygens (including phenoxy) is 1. The summed E-state index contributed by atoms with van der Waals surface area (Å²) in [7, 11) is 1.66. The molecule has 2 aromatic heterocycles. The molecule has 0 radical (unpaired) electrons. The van der Waals surface area contributed by atoms with Crippen molar-refractivity contribution in [2.24, 2.45) is 7.05 Å². The number of aryl methyl sites for hydroxylation is 2. The average molecular weight is 337 g/mol. The van der Waals surface area contributed by atoms with Crippen molar-refractivity contribution < 1.29 is 13.7 Å². The summed E-state index contributed by atoms with van der Waals surface area (Å²) in [5.74, 6) is 1.10. The Morgan fingerprint density at radius 1 is 1.16 bits per heavy atom. The minimum Gasteiger partial charge on any atom is -0.484 e. The molecule has 0 aliphatic carbocycles. The van der Waals surface area contributed by atoms with E-state index in [9.17, 15) is 4.79 Å². The van der Waals surface area contributed by atoms with Gasteiger partial charge in [-0.25, -0.2) is 4.79 Å². The van der Waals surface area contributed by atoms with Crippen LogP contribution in [-0.4, -0.2) is 14.7 Å². The molecule has 2 aromatic carbocycles. The highest BCUT2D eigenvalue weighted by molar-refractivity contribution is 5.78. The number of hydrogen-bond donors (Lipinski definition) is 0. The Morgan fingerprint density at radius 3 is 2.76 bits per heavy atom. The van der Waals surface area contributed by atoms with Crippen molar-refractivity contribution in [1.82, 2.24) is 14.7 Å². The molecule has 0 fully saturated rings. The molecule has 0 spiro atoms. The molecule has 25 heavy (non-hydrogen) atoms. The fraction of sp³-hybridized carbons (Fsp3) is 0.167. The van der Waals surface area contributed by atoms with E-state index in [1.807, 2.05) is 37.3 Å². The Morgan fingerprint density at radius 2 is 1.96 bits per heavy atom. The summed E-state index contributed by atoms with van der Waals surface area (Å²) in [6.07, 6.45) is 0. The van der Waals surface area contributed by atoms with Gasteiger partial charge in [0.1, 0.15) is 5.75 Å². The fourth-order valence-corrected chi connectivity index (χ4v) is 2.48. The van der Waals surface area contributed by atoms with Crippen LogP contribution >= 0.6 is 0 Å². The van der Waals surface area contributed by atoms with E-state index in [1.165, 1.54) is 4.57 Å². The zero-order valence-corrected chi connectivity index (χ0v) is 13.7. The van der Waals surface area contributed by atoms with Crippen LogP contribution in [0.2, 0.25) is 0 Å². The van der Waals surface area contributed by atoms with Gasteiger partial charge in [-0.05, 0) is 37.3 Å². The lowest BCUT2D eigenvalue weighted by Gasteiger charge is -2.02. The first-order valence-electron chi connectivity index (χ1n) is 7.72. The Bertz CT molecular complexity index is 1090. The van der Waals surface area contributed by atoms with Crippen molar-refractivity contribution in [2.75, 3.05) is 0 Å². The lowest BCUT2D eigenvalue weighted by atomic mass is 10.2. The SMILES string of the molecule is Cc1ccc(OCc2nc(-c3ccc4c(c3)oc(=O)n4C)no2)cc1. The maximum absolute atomic E-state index is 11.6. The van der Waals surface area contributed by atoms with Gasteiger partial charge in [0, 0.05) is 12.6 Å². The Labute approximate surface area is 142 Å². The molecule has 7 nitrogen and oxygen atoms in total. The molecule has 0 amide bonds. The third-order valence-corrected chi connectivity index (χ3v) is 3.90. The first kappa shape index (κ1) is 15.2. The summed E-state index contributed by atoms with van der Waals surface area (Å²) in [6.45, 7) is 2.19. The maximum Gasteiger partial charge on any atom is 0.419 e. The largest absolute Gasteiger partial charge is 0.484 e. The van der Waals surface area contributed by atoms with Crippen molar-refractivity contribution in [3.63, 3.8) is 0 Å². The van der Waals surface area contributed by atoms with Crippen LogP contribution in [-0.2, 0) is 13.7 Å². The smallest absolute Gasteiger partial charge is 0.419 e. The molecule has 4 aromatic rings. The standard InChI is InChI=1S/C18H15N3O4/c1-11-3-6-13(7-4-11)23-10-16-19-17(20-25-16)12-5-8-14-15(9-12)24-18(22)21(14)2/h3-9H,10H2,1-2H3. The lowest BCUT2D eigenvalue weighted by molar-refractivity contribution is 0.243. The predicted octanol–water partition coefficient (Wildman–Crippen LogP) is 3.07. The fourth-order valence-electron chi connectivity index (χ4n) is 2.48. The van der Waals surface area contributed by atoms with Crippen LogP contribution < -0.4 is 10.5 Å². The van der Waals surface area contributed by atoms with Crippen molar-refractivity contribution in [3.05, 3.63) is 64.5 Å². The second-order valence-corrected chi connectivity index (χ2v) is 5.72. The van der Waals surface area contributed by atoms with Crippen molar-refractivity contribution in [3.8, 4) is 17.1 Å². The van der Waals surface area contributed by atoms with E-state index in [1.54, 1.807) is 19.2 Å². The van der Waals surface area contributed by atoms with E-state index < -0.39 is 5.76 Å². The van der Waals surface area contributed by atoms with Crippen LogP contribution in [0.1, 0.15) is 11.5 Å². The summed E-state index contributed by atoms with van der Waals surface area (Å²) < 4.78 is 17.5. The molecular weight excluding hydrogens is 322 g/mol. The molecule has 7 heteroatoms. The molecule has 0 unspecified atom stereocenters. The summed E-state index contributed by atoms with van der Waals surface area (Å²) in [5.41, 5.74) is 3.05. The van der Waals surface area contributed by atoms with Crippen LogP contribution in [0.3, 0.4) is 0 Å². The molecule has 0 saturated carbocycles. The Kier molecular flexibility index (Phi) is 3.61. The summed E-state index contributed by atoms with van der Waals surface area (Å²) in [4.78, 5) is 15.9. The van der Waals surface area contributed by atoms with Gasteiger partial charge in [0.05, 0.1) is 5.52 Å². The molecule has 0 atom stereocenters. The zero-order chi connectivity index (χ0) is 17.4. The van der Waals surface area contributed by atoms with Gasteiger partial charge >= 0.3 is 5.76 Å². The molecule has 0 aliphatic heterocycles. The number of hydrogen-bond acceptors (Lipinski definition) is 6. The quantitative estimate of drug-likeness (QED) is 0.569. The summed E-state index contributed by atoms with van der Waals surface area (Å²) >= 11 is 0. The number of oxazole rings is 1.